The van der Waals surface area contributed by atoms with Crippen LogP contribution in [0.4, 0.5) is 26.3 Å². The Morgan fingerprint density at radius 2 is 1.47 bits per heavy atom. The van der Waals surface area contributed by atoms with E-state index >= 15 is 0 Å². The van der Waals surface area contributed by atoms with Crippen molar-refractivity contribution in [2.24, 2.45) is 11.3 Å². The van der Waals surface area contributed by atoms with Crippen LogP contribution in [0.1, 0.15) is 65.6 Å². The highest BCUT2D eigenvalue weighted by molar-refractivity contribution is 5.95. The highest BCUT2D eigenvalue weighted by atomic mass is 19.4. The zero-order valence-electron chi connectivity index (χ0n) is 23.8. The number of nitrogens with zero attached hydrogens (tertiary/aromatic N) is 3. The van der Waals surface area contributed by atoms with Crippen LogP contribution in [0.3, 0.4) is 0 Å². The summed E-state index contributed by atoms with van der Waals surface area (Å²) in [5, 5.41) is 0. The van der Waals surface area contributed by atoms with Crippen LogP contribution in [0.5, 0.6) is 0 Å². The summed E-state index contributed by atoms with van der Waals surface area (Å²) in [5.74, 6) is -0.357. The number of rotatable bonds is 5. The first-order valence-electron chi connectivity index (χ1n) is 15.0. The topological polar surface area (TPSA) is 43.9 Å². The fourth-order valence-corrected chi connectivity index (χ4v) is 7.28. The van der Waals surface area contributed by atoms with E-state index in [4.69, 9.17) is 0 Å². The summed E-state index contributed by atoms with van der Waals surface area (Å²) >= 11 is 0. The Morgan fingerprint density at radius 1 is 0.814 bits per heavy atom. The van der Waals surface area contributed by atoms with Crippen LogP contribution in [0.2, 0.25) is 0 Å². The second kappa shape index (κ2) is 11.1. The molecule has 3 heterocycles. The number of amides is 2. The largest absolute Gasteiger partial charge is 0.416 e. The van der Waals surface area contributed by atoms with Crippen LogP contribution in [0.25, 0.3) is 0 Å². The maximum absolute atomic E-state index is 13.7. The lowest BCUT2D eigenvalue weighted by Gasteiger charge is -2.43. The van der Waals surface area contributed by atoms with Crippen LogP contribution in [-0.4, -0.2) is 71.3 Å². The van der Waals surface area contributed by atoms with Crippen LogP contribution < -0.4 is 0 Å². The number of carbonyl (C=O) groups excluding carboxylic acids is 2. The van der Waals surface area contributed by atoms with Gasteiger partial charge in [-0.25, -0.2) is 0 Å². The van der Waals surface area contributed by atoms with E-state index < -0.39 is 41.0 Å². The maximum Gasteiger partial charge on any atom is 0.416 e. The molecule has 0 N–H and O–H groups in total. The van der Waals surface area contributed by atoms with Crippen molar-refractivity contribution in [3.8, 4) is 0 Å². The quantitative estimate of drug-likeness (QED) is 0.377. The predicted octanol–water partition coefficient (Wildman–Crippen LogP) is 6.27. The van der Waals surface area contributed by atoms with Gasteiger partial charge in [-0.2, -0.15) is 26.3 Å². The van der Waals surface area contributed by atoms with Crippen LogP contribution in [0.15, 0.2) is 48.5 Å². The summed E-state index contributed by atoms with van der Waals surface area (Å²) in [7, 11) is 0. The molecule has 43 heavy (non-hydrogen) atoms. The molecule has 1 saturated carbocycles. The third-order valence-electron chi connectivity index (χ3n) is 9.76. The first-order valence-corrected chi connectivity index (χ1v) is 15.0. The molecule has 3 aliphatic heterocycles. The van der Waals surface area contributed by atoms with Gasteiger partial charge in [0.1, 0.15) is 0 Å². The van der Waals surface area contributed by atoms with Gasteiger partial charge in [0.05, 0.1) is 11.1 Å². The van der Waals surface area contributed by atoms with Crippen molar-refractivity contribution in [3.63, 3.8) is 0 Å². The summed E-state index contributed by atoms with van der Waals surface area (Å²) in [6, 6.07) is 10.2. The van der Waals surface area contributed by atoms with Gasteiger partial charge < -0.3 is 9.80 Å². The Kier molecular flexibility index (Phi) is 7.75. The average molecular weight is 608 g/mol. The smallest absolute Gasteiger partial charge is 0.342 e. The third kappa shape index (κ3) is 6.42. The van der Waals surface area contributed by atoms with Crippen LogP contribution >= 0.6 is 0 Å². The second-order valence-corrected chi connectivity index (χ2v) is 12.8. The molecule has 2 aromatic rings. The van der Waals surface area contributed by atoms with Gasteiger partial charge >= 0.3 is 12.4 Å². The number of hydrogen-bond acceptors (Lipinski definition) is 3. The minimum Gasteiger partial charge on any atom is -0.342 e. The highest BCUT2D eigenvalue weighted by Crippen LogP contribution is 2.44. The molecule has 3 saturated heterocycles. The summed E-state index contributed by atoms with van der Waals surface area (Å²) in [6.07, 6.45) is -4.58. The first-order chi connectivity index (χ1) is 20.3. The molecule has 3 atom stereocenters. The summed E-state index contributed by atoms with van der Waals surface area (Å²) < 4.78 is 81.3. The molecule has 4 fully saturated rings. The van der Waals surface area contributed by atoms with Gasteiger partial charge in [-0.15, -0.1) is 0 Å². The molecule has 0 bridgehead atoms. The maximum atomic E-state index is 13.7. The Balaban J connectivity index is 1.22. The van der Waals surface area contributed by atoms with Crippen molar-refractivity contribution >= 4 is 11.8 Å². The van der Waals surface area contributed by atoms with Gasteiger partial charge in [0.15, 0.2) is 0 Å². The van der Waals surface area contributed by atoms with Crippen molar-refractivity contribution in [2.45, 2.75) is 69.4 Å². The minimum absolute atomic E-state index is 0.0516. The second-order valence-electron chi connectivity index (χ2n) is 12.8. The zero-order chi connectivity index (χ0) is 30.6. The van der Waals surface area contributed by atoms with E-state index in [0.717, 1.165) is 57.4 Å². The van der Waals surface area contributed by atoms with Gasteiger partial charge in [0, 0.05) is 55.2 Å². The molecule has 5 nitrogen and oxygen atoms in total. The number of hydrogen-bond donors (Lipinski definition) is 0. The molecule has 6 rings (SSSR count). The third-order valence-corrected chi connectivity index (χ3v) is 9.76. The van der Waals surface area contributed by atoms with Gasteiger partial charge in [-0.05, 0) is 75.3 Å². The number of halogens is 6. The van der Waals surface area contributed by atoms with E-state index in [1.54, 1.807) is 0 Å². The normalized spacial score (nSPS) is 26.8. The first kappa shape index (κ1) is 30.0. The predicted molar refractivity (Wildman–Crippen MR) is 147 cm³/mol. The average Bonchev–Trinajstić information content (AvgIpc) is 3.62. The van der Waals surface area contributed by atoms with E-state index in [1.165, 1.54) is 4.90 Å². The zero-order valence-corrected chi connectivity index (χ0v) is 23.8. The van der Waals surface area contributed by atoms with Crippen LogP contribution in [0, 0.1) is 11.3 Å². The van der Waals surface area contributed by atoms with E-state index in [9.17, 15) is 35.9 Å². The summed E-state index contributed by atoms with van der Waals surface area (Å²) in [6.45, 7) is 3.49. The molecule has 3 unspecified atom stereocenters. The van der Waals surface area contributed by atoms with Crippen LogP contribution in [-0.2, 0) is 23.6 Å². The molecule has 1 spiro atoms. The SMILES string of the molecule is O=C(C1CC1)N1CCC2(CCN(C3CCN(C(=O)c4cc(C(F)(F)F)cc(C(F)(F)F)c4)C(Cc4ccccc4)C3)C2)C1. The molecule has 11 heteroatoms. The van der Waals surface area contributed by atoms with Gasteiger partial charge in [-0.1, -0.05) is 30.3 Å². The molecule has 2 amide bonds. The van der Waals surface area contributed by atoms with Crippen molar-refractivity contribution in [2.75, 3.05) is 32.7 Å². The number of alkyl halides is 6. The lowest BCUT2D eigenvalue weighted by molar-refractivity contribution is -0.143. The summed E-state index contributed by atoms with van der Waals surface area (Å²) in [5.41, 5.74) is -2.60. The van der Waals surface area contributed by atoms with Crippen molar-refractivity contribution in [3.05, 3.63) is 70.8 Å². The molecule has 2 aromatic carbocycles. The molecule has 0 radical (unpaired) electrons. The van der Waals surface area contributed by atoms with E-state index in [0.29, 0.717) is 31.4 Å². The van der Waals surface area contributed by atoms with Crippen molar-refractivity contribution in [1.29, 1.82) is 0 Å². The standard InChI is InChI=1S/C32H35F6N3O2/c33-31(34,35)24-15-23(16-25(17-24)32(36,37)38)29(43)41-11-8-26(18-27(41)14-21-4-2-1-3-5-21)39-12-9-30(19-39)10-13-40(20-30)28(42)22-6-7-22/h1-5,15-17,22,26-27H,6-14,18-20H2. The number of benzene rings is 2. The van der Waals surface area contributed by atoms with E-state index in [-0.39, 0.29) is 35.9 Å². The molecular weight excluding hydrogens is 572 g/mol. The number of carbonyl (C=O) groups is 2. The Labute approximate surface area is 246 Å². The van der Waals surface area contributed by atoms with Crippen molar-refractivity contribution < 1.29 is 35.9 Å². The lowest BCUT2D eigenvalue weighted by atomic mass is 9.86. The fourth-order valence-electron chi connectivity index (χ4n) is 7.28. The lowest BCUT2D eigenvalue weighted by Crippen LogP contribution is -2.52. The Hall–Kier alpha value is -3.08. The number of likely N-dealkylation sites (tertiary alicyclic amines) is 3. The molecule has 4 aliphatic rings. The summed E-state index contributed by atoms with van der Waals surface area (Å²) in [4.78, 5) is 32.3. The Bertz CT molecular complexity index is 1330. The molecule has 0 aromatic heterocycles. The minimum atomic E-state index is -5.03. The van der Waals surface area contributed by atoms with Crippen molar-refractivity contribution in [1.82, 2.24) is 14.7 Å². The fraction of sp³-hybridized carbons (Fsp3) is 0.562. The number of piperidine rings is 1. The van der Waals surface area contributed by atoms with E-state index in [2.05, 4.69) is 4.90 Å². The molecule has 232 valence electrons. The monoisotopic (exact) mass is 607 g/mol. The molecule has 1 aliphatic carbocycles. The van der Waals surface area contributed by atoms with Gasteiger partial charge in [-0.3, -0.25) is 14.5 Å². The molecular formula is C32H35F6N3O2. The van der Waals surface area contributed by atoms with Gasteiger partial charge in [0.25, 0.3) is 5.91 Å². The Morgan fingerprint density at radius 3 is 2.09 bits per heavy atom. The highest BCUT2D eigenvalue weighted by Gasteiger charge is 2.49. The van der Waals surface area contributed by atoms with E-state index in [1.807, 2.05) is 35.2 Å². The van der Waals surface area contributed by atoms with Gasteiger partial charge in [0.2, 0.25) is 5.91 Å².